The van der Waals surface area contributed by atoms with Gasteiger partial charge in [0.05, 0.1) is 30.5 Å². The molecule has 0 aliphatic carbocycles. The van der Waals surface area contributed by atoms with Crippen molar-refractivity contribution in [3.63, 3.8) is 0 Å². The average molecular weight is 535 g/mol. The van der Waals surface area contributed by atoms with Gasteiger partial charge in [0.2, 0.25) is 6.29 Å². The largest absolute Gasteiger partial charge is 0.457 e. The zero-order valence-electron chi connectivity index (χ0n) is 22.9. The van der Waals surface area contributed by atoms with Gasteiger partial charge in [-0.05, 0) is 20.8 Å². The minimum atomic E-state index is -0.692. The highest BCUT2D eigenvalue weighted by molar-refractivity contribution is 5.66. The van der Waals surface area contributed by atoms with Crippen molar-refractivity contribution >= 4 is 11.9 Å². The molecule has 3 fully saturated rings. The van der Waals surface area contributed by atoms with E-state index in [1.807, 2.05) is 20.8 Å². The van der Waals surface area contributed by atoms with E-state index in [-0.39, 0.29) is 24.4 Å². The fourth-order valence-corrected chi connectivity index (χ4v) is 5.23. The Hall–Kier alpha value is -1.38. The van der Waals surface area contributed by atoms with Crippen molar-refractivity contribution in [2.45, 2.75) is 128 Å². The predicted octanol–water partition coefficient (Wildman–Crippen LogP) is 1.70. The van der Waals surface area contributed by atoms with Crippen LogP contribution in [0.2, 0.25) is 0 Å². The first-order chi connectivity index (χ1) is 17.6. The summed E-state index contributed by atoms with van der Waals surface area (Å²) in [6, 6.07) is 0. The second kappa shape index (κ2) is 13.6. The average Bonchev–Trinajstić information content (AvgIpc) is 2.82. The first-order valence-corrected chi connectivity index (χ1v) is 12.8. The molecule has 3 heterocycles. The maximum absolute atomic E-state index is 11.5. The van der Waals surface area contributed by atoms with Gasteiger partial charge in [-0.15, -0.1) is 0 Å². The van der Waals surface area contributed by atoms with Crippen LogP contribution in [0.15, 0.2) is 0 Å². The maximum Gasteiger partial charge on any atom is 0.304 e. The van der Waals surface area contributed by atoms with Gasteiger partial charge in [0.25, 0.3) is 0 Å². The molecule has 0 aromatic carbocycles. The highest BCUT2D eigenvalue weighted by Crippen LogP contribution is 2.34. The fraction of sp³-hybridized carbons (Fsp3) is 0.920. The fourth-order valence-electron chi connectivity index (χ4n) is 5.23. The SMILES string of the molecule is CO[C@H]1C[C@H](O[C@@H]2[C@@H](C)O[C@@H](OC(C)=O)C[C@H]2OC)O[C@H](C)[C@H]1O[C@H]1C[C@@H](OC)[C@H](OC(C)=O)[C@@H](C)O1. The van der Waals surface area contributed by atoms with Crippen LogP contribution in [0.1, 0.15) is 53.9 Å². The summed E-state index contributed by atoms with van der Waals surface area (Å²) in [4.78, 5) is 22.8. The minimum Gasteiger partial charge on any atom is -0.457 e. The van der Waals surface area contributed by atoms with Crippen LogP contribution in [-0.4, -0.2) is 107 Å². The Kier molecular flexibility index (Phi) is 11.1. The van der Waals surface area contributed by atoms with Gasteiger partial charge in [-0.1, -0.05) is 0 Å². The molecule has 0 amide bonds. The Labute approximate surface area is 218 Å². The number of hydrogen-bond acceptors (Lipinski definition) is 12. The molecule has 12 heteroatoms. The third-order valence-electron chi connectivity index (χ3n) is 6.99. The number of carbonyl (C=O) groups excluding carboxylic acids is 2. The van der Waals surface area contributed by atoms with Gasteiger partial charge in [0.15, 0.2) is 18.7 Å². The number of hydrogen-bond donors (Lipinski definition) is 0. The Balaban J connectivity index is 1.60. The van der Waals surface area contributed by atoms with E-state index in [0.29, 0.717) is 19.3 Å². The first kappa shape index (κ1) is 30.2. The molecular weight excluding hydrogens is 492 g/mol. The van der Waals surface area contributed by atoms with Crippen LogP contribution in [0.3, 0.4) is 0 Å². The van der Waals surface area contributed by atoms with Crippen molar-refractivity contribution in [2.24, 2.45) is 0 Å². The van der Waals surface area contributed by atoms with E-state index in [1.54, 1.807) is 21.3 Å². The molecular formula is C25H42O12. The lowest BCUT2D eigenvalue weighted by Gasteiger charge is -2.46. The lowest BCUT2D eigenvalue weighted by Crippen LogP contribution is -2.57. The predicted molar refractivity (Wildman–Crippen MR) is 126 cm³/mol. The molecule has 0 radical (unpaired) electrons. The van der Waals surface area contributed by atoms with Gasteiger partial charge in [-0.25, -0.2) is 0 Å². The Bertz CT molecular complexity index is 749. The zero-order chi connectivity index (χ0) is 27.3. The number of esters is 2. The van der Waals surface area contributed by atoms with Crippen LogP contribution in [0.25, 0.3) is 0 Å². The number of carbonyl (C=O) groups is 2. The van der Waals surface area contributed by atoms with Crippen LogP contribution in [0.4, 0.5) is 0 Å². The van der Waals surface area contributed by atoms with Gasteiger partial charge in [0.1, 0.15) is 18.3 Å². The van der Waals surface area contributed by atoms with Crippen LogP contribution in [0.5, 0.6) is 0 Å². The van der Waals surface area contributed by atoms with Crippen molar-refractivity contribution in [1.29, 1.82) is 0 Å². The summed E-state index contributed by atoms with van der Waals surface area (Å²) in [6.45, 7) is 8.25. The third-order valence-corrected chi connectivity index (χ3v) is 6.99. The summed E-state index contributed by atoms with van der Waals surface area (Å²) in [7, 11) is 4.77. The summed E-state index contributed by atoms with van der Waals surface area (Å²) in [5.74, 6) is -0.808. The maximum atomic E-state index is 11.5. The van der Waals surface area contributed by atoms with Gasteiger partial charge < -0.3 is 47.4 Å². The van der Waals surface area contributed by atoms with Crippen LogP contribution in [-0.2, 0) is 57.0 Å². The van der Waals surface area contributed by atoms with Crippen molar-refractivity contribution in [2.75, 3.05) is 21.3 Å². The molecule has 12 atom stereocenters. The van der Waals surface area contributed by atoms with Crippen LogP contribution in [0, 0.1) is 0 Å². The standard InChI is InChI=1S/C25H42O12/c1-12-23(35-16(5)27)17(28-6)10-21(32-12)36-25-14(3)33-22(11-19(25)30-8)37-24-13(2)31-20(34-15(4)26)9-18(24)29-7/h12-14,17-25H,9-11H2,1-8H3/t12-,13-,14-,17-,18-,19+,20+,21+,22+,23-,24-,25-/m1/s1. The molecule has 12 nitrogen and oxygen atoms in total. The van der Waals surface area contributed by atoms with Gasteiger partial charge in [-0.3, -0.25) is 9.59 Å². The molecule has 214 valence electrons. The van der Waals surface area contributed by atoms with E-state index in [9.17, 15) is 9.59 Å². The highest BCUT2D eigenvalue weighted by atomic mass is 16.8. The molecule has 0 saturated carbocycles. The number of rotatable bonds is 9. The zero-order valence-corrected chi connectivity index (χ0v) is 22.9. The second-order valence-electron chi connectivity index (χ2n) is 9.73. The quantitative estimate of drug-likeness (QED) is 0.400. The summed E-state index contributed by atoms with van der Waals surface area (Å²) in [6.07, 6.45) is -4.40. The normalized spacial score (nSPS) is 42.7. The Morgan fingerprint density at radius 1 is 0.568 bits per heavy atom. The van der Waals surface area contributed by atoms with Crippen LogP contribution < -0.4 is 0 Å². The molecule has 0 bridgehead atoms. The van der Waals surface area contributed by atoms with E-state index < -0.39 is 61.3 Å². The molecule has 3 saturated heterocycles. The molecule has 3 rings (SSSR count). The Morgan fingerprint density at radius 2 is 0.919 bits per heavy atom. The Morgan fingerprint density at radius 3 is 1.32 bits per heavy atom. The highest BCUT2D eigenvalue weighted by Gasteiger charge is 2.46. The van der Waals surface area contributed by atoms with E-state index in [1.165, 1.54) is 13.8 Å². The molecule has 0 spiro atoms. The molecule has 3 aliphatic rings. The smallest absolute Gasteiger partial charge is 0.304 e. The topological polar surface area (TPSA) is 126 Å². The van der Waals surface area contributed by atoms with E-state index in [2.05, 4.69) is 0 Å². The van der Waals surface area contributed by atoms with Crippen molar-refractivity contribution in [3.8, 4) is 0 Å². The monoisotopic (exact) mass is 534 g/mol. The second-order valence-corrected chi connectivity index (χ2v) is 9.73. The van der Waals surface area contributed by atoms with E-state index >= 15 is 0 Å². The molecule has 3 aliphatic heterocycles. The molecule has 0 N–H and O–H groups in total. The molecule has 0 aromatic rings. The molecule has 0 aromatic heterocycles. The minimum absolute atomic E-state index is 0.338. The number of methoxy groups -OCH3 is 3. The third kappa shape index (κ3) is 7.82. The van der Waals surface area contributed by atoms with Gasteiger partial charge in [0, 0.05) is 54.4 Å². The molecule has 37 heavy (non-hydrogen) atoms. The van der Waals surface area contributed by atoms with Gasteiger partial charge in [-0.2, -0.15) is 0 Å². The summed E-state index contributed by atoms with van der Waals surface area (Å²) in [5, 5.41) is 0. The van der Waals surface area contributed by atoms with Crippen molar-refractivity contribution in [1.82, 2.24) is 0 Å². The van der Waals surface area contributed by atoms with E-state index in [4.69, 9.17) is 47.4 Å². The summed E-state index contributed by atoms with van der Waals surface area (Å²) < 4.78 is 58.2. The number of ether oxygens (including phenoxy) is 10. The van der Waals surface area contributed by atoms with Gasteiger partial charge >= 0.3 is 11.9 Å². The van der Waals surface area contributed by atoms with Crippen LogP contribution >= 0.6 is 0 Å². The molecule has 0 unspecified atom stereocenters. The summed E-state index contributed by atoms with van der Waals surface area (Å²) in [5.41, 5.74) is 0. The lowest BCUT2D eigenvalue weighted by molar-refractivity contribution is -0.335. The lowest BCUT2D eigenvalue weighted by atomic mass is 9.99. The summed E-state index contributed by atoms with van der Waals surface area (Å²) >= 11 is 0. The van der Waals surface area contributed by atoms with Crippen molar-refractivity contribution in [3.05, 3.63) is 0 Å². The first-order valence-electron chi connectivity index (χ1n) is 12.8. The van der Waals surface area contributed by atoms with E-state index in [0.717, 1.165) is 0 Å². The van der Waals surface area contributed by atoms with Crippen molar-refractivity contribution < 1.29 is 57.0 Å².